The molecule has 126 valence electrons. The summed E-state index contributed by atoms with van der Waals surface area (Å²) in [7, 11) is 0. The van der Waals surface area contributed by atoms with E-state index in [4.69, 9.17) is 0 Å². The van der Waals surface area contributed by atoms with Crippen molar-refractivity contribution in [2.75, 3.05) is 5.32 Å². The van der Waals surface area contributed by atoms with E-state index in [1.165, 1.54) is 6.42 Å². The van der Waals surface area contributed by atoms with Gasteiger partial charge in [-0.05, 0) is 30.9 Å². The van der Waals surface area contributed by atoms with Gasteiger partial charge in [-0.15, -0.1) is 0 Å². The molecular formula is C19H23N3O2. The van der Waals surface area contributed by atoms with Crippen LogP contribution < -0.4 is 10.6 Å². The highest BCUT2D eigenvalue weighted by Crippen LogP contribution is 2.26. The summed E-state index contributed by atoms with van der Waals surface area (Å²) in [5, 5.41) is 7.41. The van der Waals surface area contributed by atoms with E-state index < -0.39 is 11.8 Å². The van der Waals surface area contributed by atoms with Crippen molar-refractivity contribution in [3.63, 3.8) is 0 Å². The first kappa shape index (κ1) is 16.4. The van der Waals surface area contributed by atoms with E-state index in [-0.39, 0.29) is 6.04 Å². The zero-order chi connectivity index (χ0) is 16.9. The second-order valence-electron chi connectivity index (χ2n) is 6.47. The van der Waals surface area contributed by atoms with Crippen LogP contribution in [0.2, 0.25) is 0 Å². The number of carbonyl (C=O) groups is 2. The van der Waals surface area contributed by atoms with Gasteiger partial charge in [0.25, 0.3) is 0 Å². The van der Waals surface area contributed by atoms with Gasteiger partial charge >= 0.3 is 11.8 Å². The van der Waals surface area contributed by atoms with Crippen molar-refractivity contribution in [2.45, 2.75) is 45.1 Å². The first-order valence-corrected chi connectivity index (χ1v) is 8.62. The molecule has 0 aliphatic heterocycles. The van der Waals surface area contributed by atoms with Crippen molar-refractivity contribution in [3.05, 3.63) is 36.7 Å². The van der Waals surface area contributed by atoms with Gasteiger partial charge in [-0.3, -0.25) is 14.6 Å². The van der Waals surface area contributed by atoms with Crippen LogP contribution >= 0.6 is 0 Å². The van der Waals surface area contributed by atoms with Crippen molar-refractivity contribution in [3.8, 4) is 0 Å². The van der Waals surface area contributed by atoms with Crippen LogP contribution in [0.1, 0.15) is 39.0 Å². The predicted molar refractivity (Wildman–Crippen MR) is 94.6 cm³/mol. The molecule has 0 radical (unpaired) electrons. The quantitative estimate of drug-likeness (QED) is 0.851. The molecule has 2 atom stereocenters. The van der Waals surface area contributed by atoms with Crippen molar-refractivity contribution in [1.82, 2.24) is 10.3 Å². The predicted octanol–water partition coefficient (Wildman–Crippen LogP) is 3.26. The molecule has 24 heavy (non-hydrogen) atoms. The minimum atomic E-state index is -0.613. The lowest BCUT2D eigenvalue weighted by Gasteiger charge is -2.28. The molecular weight excluding hydrogens is 302 g/mol. The molecule has 1 heterocycles. The van der Waals surface area contributed by atoms with Crippen molar-refractivity contribution in [1.29, 1.82) is 0 Å². The van der Waals surface area contributed by atoms with Crippen LogP contribution in [-0.2, 0) is 9.59 Å². The summed E-state index contributed by atoms with van der Waals surface area (Å²) in [6, 6.07) is 7.49. The topological polar surface area (TPSA) is 71.1 Å². The number of anilines is 1. The lowest BCUT2D eigenvalue weighted by Crippen LogP contribution is -2.43. The van der Waals surface area contributed by atoms with Crippen LogP contribution in [0, 0.1) is 5.92 Å². The van der Waals surface area contributed by atoms with Crippen molar-refractivity contribution < 1.29 is 9.59 Å². The summed E-state index contributed by atoms with van der Waals surface area (Å²) in [5.41, 5.74) is 0.630. The van der Waals surface area contributed by atoms with Crippen molar-refractivity contribution >= 4 is 28.3 Å². The number of pyridine rings is 1. The van der Waals surface area contributed by atoms with Crippen LogP contribution in [0.15, 0.2) is 36.7 Å². The zero-order valence-electron chi connectivity index (χ0n) is 13.9. The molecule has 5 nitrogen and oxygen atoms in total. The Morgan fingerprint density at radius 2 is 2.08 bits per heavy atom. The number of amides is 2. The fraction of sp³-hybridized carbons (Fsp3) is 0.421. The average Bonchev–Trinajstić information content (AvgIpc) is 2.62. The molecule has 1 aromatic carbocycles. The Hall–Kier alpha value is -2.43. The van der Waals surface area contributed by atoms with Crippen LogP contribution in [0.5, 0.6) is 0 Å². The van der Waals surface area contributed by atoms with Crippen LogP contribution in [0.4, 0.5) is 5.69 Å². The first-order chi connectivity index (χ1) is 11.7. The third-order valence-electron chi connectivity index (χ3n) is 4.83. The summed E-state index contributed by atoms with van der Waals surface area (Å²) >= 11 is 0. The molecule has 5 heteroatoms. The largest absolute Gasteiger partial charge is 0.345 e. The maximum absolute atomic E-state index is 12.2. The molecule has 2 amide bonds. The molecule has 0 saturated heterocycles. The molecule has 1 saturated carbocycles. The Bertz CT molecular complexity index is 739. The van der Waals surface area contributed by atoms with Crippen molar-refractivity contribution in [2.24, 2.45) is 5.92 Å². The number of hydrogen-bond acceptors (Lipinski definition) is 3. The summed E-state index contributed by atoms with van der Waals surface area (Å²) in [4.78, 5) is 28.5. The molecule has 2 unspecified atom stereocenters. The van der Waals surface area contributed by atoms with Gasteiger partial charge in [0.05, 0.1) is 0 Å². The Morgan fingerprint density at radius 1 is 1.21 bits per heavy atom. The number of carbonyl (C=O) groups excluding carboxylic acids is 2. The van der Waals surface area contributed by atoms with Gasteiger partial charge in [0.1, 0.15) is 0 Å². The number of aromatic nitrogens is 1. The smallest absolute Gasteiger partial charge is 0.313 e. The van der Waals surface area contributed by atoms with Gasteiger partial charge in [-0.2, -0.15) is 0 Å². The monoisotopic (exact) mass is 325 g/mol. The van der Waals surface area contributed by atoms with E-state index in [1.807, 2.05) is 18.2 Å². The highest BCUT2D eigenvalue weighted by Gasteiger charge is 2.24. The summed E-state index contributed by atoms with van der Waals surface area (Å²) in [6.07, 6.45) is 8.79. The van der Waals surface area contributed by atoms with Crippen LogP contribution in [0.3, 0.4) is 0 Å². The fourth-order valence-corrected chi connectivity index (χ4v) is 3.45. The molecule has 1 fully saturated rings. The maximum Gasteiger partial charge on any atom is 0.313 e. The number of nitrogens with zero attached hydrogens (tertiary/aromatic N) is 1. The lowest BCUT2D eigenvalue weighted by atomic mass is 9.84. The molecule has 3 rings (SSSR count). The minimum Gasteiger partial charge on any atom is -0.345 e. The summed E-state index contributed by atoms with van der Waals surface area (Å²) in [6.45, 7) is 2.18. The number of benzene rings is 1. The van der Waals surface area contributed by atoms with E-state index in [0.717, 1.165) is 36.5 Å². The molecule has 2 aromatic rings. The van der Waals surface area contributed by atoms with Gasteiger partial charge in [0.2, 0.25) is 0 Å². The number of rotatable bonds is 3. The number of hydrogen-bond donors (Lipinski definition) is 2. The van der Waals surface area contributed by atoms with Gasteiger partial charge in [0, 0.05) is 34.9 Å². The fourth-order valence-electron chi connectivity index (χ4n) is 3.45. The standard InChI is InChI=1S/C19H23N3O2/c1-2-13-5-3-7-15(11-13)21-18(23)19(24)22-17-8-4-6-14-12-20-10-9-16(14)17/h4,6,8-10,12-13,15H,2-3,5,7,11H2,1H3,(H,21,23)(H,22,24). The minimum absolute atomic E-state index is 0.110. The van der Waals surface area contributed by atoms with E-state index >= 15 is 0 Å². The Morgan fingerprint density at radius 3 is 2.92 bits per heavy atom. The summed E-state index contributed by atoms with van der Waals surface area (Å²) in [5.74, 6) is -0.515. The molecule has 1 aliphatic carbocycles. The molecule has 2 N–H and O–H groups in total. The Kier molecular flexibility index (Phi) is 5.08. The third kappa shape index (κ3) is 3.72. The highest BCUT2D eigenvalue weighted by atomic mass is 16.2. The van der Waals surface area contributed by atoms with Crippen LogP contribution in [0.25, 0.3) is 10.8 Å². The maximum atomic E-state index is 12.2. The first-order valence-electron chi connectivity index (χ1n) is 8.62. The molecule has 1 aliphatic rings. The Balaban J connectivity index is 1.64. The second kappa shape index (κ2) is 7.43. The SMILES string of the molecule is CCC1CCCC(NC(=O)C(=O)Nc2cccc3cnccc23)C1. The van der Waals surface area contributed by atoms with E-state index in [1.54, 1.807) is 18.5 Å². The third-order valence-corrected chi connectivity index (χ3v) is 4.83. The van der Waals surface area contributed by atoms with Gasteiger partial charge in [0.15, 0.2) is 0 Å². The number of nitrogens with one attached hydrogen (secondary N) is 2. The lowest BCUT2D eigenvalue weighted by molar-refractivity contribution is -0.136. The van der Waals surface area contributed by atoms with Gasteiger partial charge in [-0.25, -0.2) is 0 Å². The van der Waals surface area contributed by atoms with E-state index in [2.05, 4.69) is 22.5 Å². The average molecular weight is 325 g/mol. The second-order valence-corrected chi connectivity index (χ2v) is 6.47. The number of fused-ring (bicyclic) bond motifs is 1. The van der Waals surface area contributed by atoms with Gasteiger partial charge < -0.3 is 10.6 Å². The Labute approximate surface area is 141 Å². The van der Waals surface area contributed by atoms with E-state index in [0.29, 0.717) is 11.6 Å². The molecule has 0 spiro atoms. The highest BCUT2D eigenvalue weighted by molar-refractivity contribution is 6.40. The van der Waals surface area contributed by atoms with Crippen LogP contribution in [-0.4, -0.2) is 22.8 Å². The normalized spacial score (nSPS) is 20.5. The summed E-state index contributed by atoms with van der Waals surface area (Å²) < 4.78 is 0. The van der Waals surface area contributed by atoms with E-state index in [9.17, 15) is 9.59 Å². The molecule has 0 bridgehead atoms. The molecule has 1 aromatic heterocycles. The zero-order valence-corrected chi connectivity index (χ0v) is 13.9. The van der Waals surface area contributed by atoms with Gasteiger partial charge in [-0.1, -0.05) is 38.3 Å².